The van der Waals surface area contributed by atoms with Gasteiger partial charge >= 0.3 is 5.97 Å². The van der Waals surface area contributed by atoms with Gasteiger partial charge in [0.2, 0.25) is 5.89 Å². The van der Waals surface area contributed by atoms with Crippen LogP contribution in [0, 0.1) is 5.82 Å². The molecule has 3 rings (SSSR count). The number of carbonyl (C=O) groups is 1. The van der Waals surface area contributed by atoms with Gasteiger partial charge in [0, 0.05) is 5.56 Å². The number of carboxylic acids is 1. The van der Waals surface area contributed by atoms with Gasteiger partial charge in [-0.1, -0.05) is 6.07 Å². The highest BCUT2D eigenvalue weighted by atomic mass is 19.1. The Kier molecular flexibility index (Phi) is 4.01. The lowest BCUT2D eigenvalue weighted by Crippen LogP contribution is -1.95. The third-order valence-corrected chi connectivity index (χ3v) is 3.00. The lowest BCUT2D eigenvalue weighted by atomic mass is 10.1. The van der Waals surface area contributed by atoms with Crippen LogP contribution in [0.5, 0.6) is 5.75 Å². The maximum atomic E-state index is 12.8. The molecule has 1 aromatic heterocycles. The Bertz CT molecular complexity index is 830. The van der Waals surface area contributed by atoms with E-state index in [0.717, 1.165) is 0 Å². The van der Waals surface area contributed by atoms with E-state index in [9.17, 15) is 9.18 Å². The number of benzene rings is 2. The number of nitrogens with zero attached hydrogens (tertiary/aromatic N) is 2. The van der Waals surface area contributed by atoms with Crippen molar-refractivity contribution in [1.29, 1.82) is 0 Å². The van der Waals surface area contributed by atoms with Crippen LogP contribution in [0.1, 0.15) is 16.2 Å². The zero-order valence-electron chi connectivity index (χ0n) is 11.8. The Morgan fingerprint density at radius 1 is 1.17 bits per heavy atom. The van der Waals surface area contributed by atoms with Crippen LogP contribution in [0.3, 0.4) is 0 Å². The maximum Gasteiger partial charge on any atom is 0.335 e. The number of rotatable bonds is 5. The molecule has 3 aromatic rings. The smallest absolute Gasteiger partial charge is 0.335 e. The molecular formula is C16H11FN2O4. The monoisotopic (exact) mass is 314 g/mol. The topological polar surface area (TPSA) is 85.5 Å². The van der Waals surface area contributed by atoms with E-state index in [1.54, 1.807) is 12.1 Å². The van der Waals surface area contributed by atoms with Gasteiger partial charge in [-0.2, -0.15) is 0 Å². The Morgan fingerprint density at radius 3 is 2.70 bits per heavy atom. The molecule has 0 bridgehead atoms. The van der Waals surface area contributed by atoms with E-state index in [-0.39, 0.29) is 29.8 Å². The highest BCUT2D eigenvalue weighted by Crippen LogP contribution is 2.20. The fourth-order valence-electron chi connectivity index (χ4n) is 1.89. The number of aromatic nitrogens is 2. The summed E-state index contributed by atoms with van der Waals surface area (Å²) in [6.07, 6.45) is 0. The van der Waals surface area contributed by atoms with Crippen molar-refractivity contribution in [3.63, 3.8) is 0 Å². The van der Waals surface area contributed by atoms with E-state index in [0.29, 0.717) is 11.3 Å². The lowest BCUT2D eigenvalue weighted by Gasteiger charge is -2.02. The summed E-state index contributed by atoms with van der Waals surface area (Å²) in [5.41, 5.74) is 0.634. The van der Waals surface area contributed by atoms with Gasteiger partial charge in [0.1, 0.15) is 11.6 Å². The highest BCUT2D eigenvalue weighted by molar-refractivity contribution is 5.88. The lowest BCUT2D eigenvalue weighted by molar-refractivity contribution is 0.0697. The number of hydrogen-bond acceptors (Lipinski definition) is 5. The van der Waals surface area contributed by atoms with E-state index in [1.165, 1.54) is 36.4 Å². The summed E-state index contributed by atoms with van der Waals surface area (Å²) in [5, 5.41) is 16.7. The molecule has 116 valence electrons. The molecule has 23 heavy (non-hydrogen) atoms. The Hall–Kier alpha value is -3.22. The summed E-state index contributed by atoms with van der Waals surface area (Å²) in [7, 11) is 0. The molecule has 2 aromatic carbocycles. The highest BCUT2D eigenvalue weighted by Gasteiger charge is 2.11. The first-order valence-electron chi connectivity index (χ1n) is 6.66. The summed E-state index contributed by atoms with van der Waals surface area (Å²) in [6.45, 7) is 0.0251. The van der Waals surface area contributed by atoms with Crippen molar-refractivity contribution in [2.75, 3.05) is 0 Å². The van der Waals surface area contributed by atoms with Gasteiger partial charge in [0.15, 0.2) is 6.61 Å². The number of hydrogen-bond donors (Lipinski definition) is 1. The molecule has 0 aliphatic carbocycles. The molecule has 0 aliphatic rings. The second-order valence-corrected chi connectivity index (χ2v) is 4.63. The number of carboxylic acid groups (broad SMARTS) is 1. The fourth-order valence-corrected chi connectivity index (χ4v) is 1.89. The molecule has 0 amide bonds. The molecule has 0 aliphatic heterocycles. The molecule has 1 N–H and O–H groups in total. The third kappa shape index (κ3) is 3.52. The molecule has 0 fully saturated rings. The van der Waals surface area contributed by atoms with E-state index < -0.39 is 5.97 Å². The van der Waals surface area contributed by atoms with Crippen molar-refractivity contribution in [2.45, 2.75) is 6.61 Å². The summed E-state index contributed by atoms with van der Waals surface area (Å²) in [5.74, 6) is -0.489. The van der Waals surface area contributed by atoms with E-state index in [1.807, 2.05) is 0 Å². The molecule has 0 unspecified atom stereocenters. The Labute approximate surface area is 130 Å². The molecule has 0 atom stereocenters. The maximum absolute atomic E-state index is 12.8. The van der Waals surface area contributed by atoms with Crippen LogP contribution in [0.25, 0.3) is 11.5 Å². The summed E-state index contributed by atoms with van der Waals surface area (Å²) in [6, 6.07) is 11.7. The van der Waals surface area contributed by atoms with Crippen molar-refractivity contribution >= 4 is 5.97 Å². The zero-order valence-corrected chi connectivity index (χ0v) is 11.8. The number of halogens is 1. The van der Waals surface area contributed by atoms with Gasteiger partial charge in [-0.05, 0) is 42.5 Å². The van der Waals surface area contributed by atoms with Gasteiger partial charge in [-0.3, -0.25) is 0 Å². The minimum atomic E-state index is -1.04. The van der Waals surface area contributed by atoms with Crippen molar-refractivity contribution in [2.24, 2.45) is 0 Å². The predicted molar refractivity (Wildman–Crippen MR) is 77.4 cm³/mol. The molecule has 0 saturated carbocycles. The second-order valence-electron chi connectivity index (χ2n) is 4.63. The Morgan fingerprint density at radius 2 is 1.96 bits per heavy atom. The third-order valence-electron chi connectivity index (χ3n) is 3.00. The van der Waals surface area contributed by atoms with Gasteiger partial charge in [-0.25, -0.2) is 9.18 Å². The zero-order chi connectivity index (χ0) is 16.2. The average Bonchev–Trinajstić information content (AvgIpc) is 3.03. The van der Waals surface area contributed by atoms with Crippen molar-refractivity contribution in [1.82, 2.24) is 10.2 Å². The number of ether oxygens (including phenoxy) is 1. The minimum Gasteiger partial charge on any atom is -0.484 e. The Balaban J connectivity index is 1.71. The summed E-state index contributed by atoms with van der Waals surface area (Å²) >= 11 is 0. The van der Waals surface area contributed by atoms with Crippen LogP contribution >= 0.6 is 0 Å². The van der Waals surface area contributed by atoms with E-state index in [4.69, 9.17) is 14.3 Å². The minimum absolute atomic E-state index is 0.0251. The molecule has 0 spiro atoms. The molecular weight excluding hydrogens is 303 g/mol. The van der Waals surface area contributed by atoms with Crippen LogP contribution in [0.15, 0.2) is 52.9 Å². The van der Waals surface area contributed by atoms with Crippen LogP contribution in [0.4, 0.5) is 4.39 Å². The molecule has 1 heterocycles. The SMILES string of the molecule is O=C(O)c1cccc(-c2nnc(COc3ccc(F)cc3)o2)c1. The molecule has 0 radical (unpaired) electrons. The van der Waals surface area contributed by atoms with Gasteiger partial charge in [-0.15, -0.1) is 10.2 Å². The van der Waals surface area contributed by atoms with E-state index in [2.05, 4.69) is 10.2 Å². The second kappa shape index (κ2) is 6.27. The predicted octanol–water partition coefficient (Wildman–Crippen LogP) is 3.15. The van der Waals surface area contributed by atoms with Gasteiger partial charge in [0.05, 0.1) is 5.56 Å². The first-order valence-corrected chi connectivity index (χ1v) is 6.66. The summed E-state index contributed by atoms with van der Waals surface area (Å²) in [4.78, 5) is 11.0. The van der Waals surface area contributed by atoms with Crippen LogP contribution in [0.2, 0.25) is 0 Å². The largest absolute Gasteiger partial charge is 0.484 e. The van der Waals surface area contributed by atoms with Crippen molar-refractivity contribution in [3.8, 4) is 17.2 Å². The average molecular weight is 314 g/mol. The van der Waals surface area contributed by atoms with Gasteiger partial charge in [0.25, 0.3) is 5.89 Å². The standard InChI is InChI=1S/C16H11FN2O4/c17-12-4-6-13(7-5-12)22-9-14-18-19-15(23-14)10-2-1-3-11(8-10)16(20)21/h1-8H,9H2,(H,20,21). The quantitative estimate of drug-likeness (QED) is 0.778. The number of aromatic carboxylic acids is 1. The van der Waals surface area contributed by atoms with Crippen LogP contribution in [-0.4, -0.2) is 21.3 Å². The summed E-state index contributed by atoms with van der Waals surface area (Å²) < 4.78 is 23.6. The molecule has 6 nitrogen and oxygen atoms in total. The van der Waals surface area contributed by atoms with Crippen LogP contribution < -0.4 is 4.74 Å². The van der Waals surface area contributed by atoms with E-state index >= 15 is 0 Å². The molecule has 7 heteroatoms. The first kappa shape index (κ1) is 14.7. The van der Waals surface area contributed by atoms with Crippen LogP contribution in [-0.2, 0) is 6.61 Å². The normalized spacial score (nSPS) is 10.5. The van der Waals surface area contributed by atoms with Crippen molar-refractivity contribution in [3.05, 3.63) is 65.8 Å². The fraction of sp³-hybridized carbons (Fsp3) is 0.0625. The van der Waals surface area contributed by atoms with Gasteiger partial charge < -0.3 is 14.3 Å². The molecule has 0 saturated heterocycles. The first-order chi connectivity index (χ1) is 11.1. The van der Waals surface area contributed by atoms with Crippen molar-refractivity contribution < 1.29 is 23.4 Å².